The topological polar surface area (TPSA) is 77.4 Å². The lowest BCUT2D eigenvalue weighted by Crippen LogP contribution is -2.39. The molecule has 0 spiro atoms. The molecule has 0 aromatic heterocycles. The predicted octanol–water partition coefficient (Wildman–Crippen LogP) is 2.96. The summed E-state index contributed by atoms with van der Waals surface area (Å²) in [6.45, 7) is 0.825. The second kappa shape index (κ2) is 8.03. The first-order chi connectivity index (χ1) is 14.6. The highest BCUT2D eigenvalue weighted by Crippen LogP contribution is 2.40. The summed E-state index contributed by atoms with van der Waals surface area (Å²) < 4.78 is 41.0. The van der Waals surface area contributed by atoms with E-state index in [9.17, 15) is 8.42 Å². The van der Waals surface area contributed by atoms with Crippen molar-refractivity contribution in [1.29, 1.82) is 0 Å². The number of fused-ring (bicyclic) bond motifs is 2. The lowest BCUT2D eigenvalue weighted by Gasteiger charge is -2.26. The second-order valence-corrected chi connectivity index (χ2v) is 10.6. The van der Waals surface area contributed by atoms with E-state index in [1.165, 1.54) is 0 Å². The zero-order chi connectivity index (χ0) is 20.6. The number of hydrogen-bond acceptors (Lipinski definition) is 8. The van der Waals surface area contributed by atoms with E-state index in [1.807, 2.05) is 48.5 Å². The van der Waals surface area contributed by atoms with Gasteiger partial charge in [0, 0.05) is 17.5 Å². The predicted molar refractivity (Wildman–Crippen MR) is 118 cm³/mol. The van der Waals surface area contributed by atoms with Gasteiger partial charge in [-0.15, -0.1) is 0 Å². The Morgan fingerprint density at radius 2 is 1.93 bits per heavy atom. The van der Waals surface area contributed by atoms with Gasteiger partial charge in [-0.25, -0.2) is 8.42 Å². The molecule has 1 saturated heterocycles. The number of anilines is 1. The SMILES string of the molecule is O=S1(=O)CC2N=C(SCCCOc3ccccc3)N(c3ccc4c(c3)OCO4)C2C1. The average Bonchev–Trinajstić information content (AvgIpc) is 3.39. The van der Waals surface area contributed by atoms with Crippen LogP contribution in [-0.4, -0.2) is 56.3 Å². The first kappa shape index (κ1) is 19.6. The first-order valence-corrected chi connectivity index (χ1v) is 12.7. The van der Waals surface area contributed by atoms with Gasteiger partial charge in [-0.3, -0.25) is 4.99 Å². The average molecular weight is 447 g/mol. The summed E-state index contributed by atoms with van der Waals surface area (Å²) in [6, 6.07) is 15.1. The van der Waals surface area contributed by atoms with Crippen molar-refractivity contribution in [1.82, 2.24) is 0 Å². The molecule has 3 heterocycles. The monoisotopic (exact) mass is 446 g/mol. The van der Waals surface area contributed by atoms with Crippen LogP contribution in [0.3, 0.4) is 0 Å². The number of hydrogen-bond donors (Lipinski definition) is 0. The largest absolute Gasteiger partial charge is 0.494 e. The number of para-hydroxylation sites is 1. The van der Waals surface area contributed by atoms with E-state index in [2.05, 4.69) is 4.90 Å². The highest BCUT2D eigenvalue weighted by atomic mass is 32.2. The maximum Gasteiger partial charge on any atom is 0.231 e. The van der Waals surface area contributed by atoms with Gasteiger partial charge < -0.3 is 19.1 Å². The van der Waals surface area contributed by atoms with Crippen LogP contribution in [0.4, 0.5) is 5.69 Å². The zero-order valence-corrected chi connectivity index (χ0v) is 17.9. The lowest BCUT2D eigenvalue weighted by atomic mass is 10.1. The van der Waals surface area contributed by atoms with Crippen LogP contribution in [0.25, 0.3) is 0 Å². The Morgan fingerprint density at radius 1 is 1.10 bits per heavy atom. The number of aliphatic imine (C=N–C) groups is 1. The van der Waals surface area contributed by atoms with Crippen LogP contribution >= 0.6 is 11.8 Å². The number of nitrogens with zero attached hydrogens (tertiary/aromatic N) is 2. The highest BCUT2D eigenvalue weighted by molar-refractivity contribution is 8.14. The second-order valence-electron chi connectivity index (χ2n) is 7.39. The molecule has 7 nitrogen and oxygen atoms in total. The van der Waals surface area contributed by atoms with Crippen molar-refractivity contribution in [3.63, 3.8) is 0 Å². The van der Waals surface area contributed by atoms with Gasteiger partial charge in [-0.05, 0) is 30.7 Å². The number of thioether (sulfide) groups is 1. The highest BCUT2D eigenvalue weighted by Gasteiger charge is 2.47. The molecular weight excluding hydrogens is 424 g/mol. The molecule has 1 fully saturated rings. The van der Waals surface area contributed by atoms with Crippen LogP contribution in [0.2, 0.25) is 0 Å². The maximum absolute atomic E-state index is 12.2. The molecule has 0 amide bonds. The van der Waals surface area contributed by atoms with Gasteiger partial charge >= 0.3 is 0 Å². The van der Waals surface area contributed by atoms with Crippen LogP contribution in [0.15, 0.2) is 53.5 Å². The maximum atomic E-state index is 12.2. The van der Waals surface area contributed by atoms with E-state index in [-0.39, 0.29) is 30.4 Å². The molecular formula is C21H22N2O5S2. The minimum atomic E-state index is -3.08. The van der Waals surface area contributed by atoms with Crippen LogP contribution < -0.4 is 19.1 Å². The van der Waals surface area contributed by atoms with Crippen molar-refractivity contribution >= 4 is 32.5 Å². The van der Waals surface area contributed by atoms with Crippen molar-refractivity contribution in [2.45, 2.75) is 18.5 Å². The number of sulfone groups is 1. The summed E-state index contributed by atoms with van der Waals surface area (Å²) in [5.41, 5.74) is 0.885. The Morgan fingerprint density at radius 3 is 2.80 bits per heavy atom. The molecule has 0 radical (unpaired) electrons. The van der Waals surface area contributed by atoms with Crippen molar-refractivity contribution in [2.24, 2.45) is 4.99 Å². The third kappa shape index (κ3) is 3.96. The van der Waals surface area contributed by atoms with Crippen molar-refractivity contribution in [3.8, 4) is 17.2 Å². The van der Waals surface area contributed by atoms with E-state index < -0.39 is 9.84 Å². The van der Waals surface area contributed by atoms with Gasteiger partial charge in [0.1, 0.15) is 5.75 Å². The fourth-order valence-corrected chi connectivity index (χ4v) is 6.78. The molecule has 3 aliphatic rings. The molecule has 2 aromatic rings. The molecule has 158 valence electrons. The summed E-state index contributed by atoms with van der Waals surface area (Å²) in [4.78, 5) is 6.82. The Kier molecular flexibility index (Phi) is 5.24. The molecule has 0 saturated carbocycles. The van der Waals surface area contributed by atoms with Crippen molar-refractivity contribution in [3.05, 3.63) is 48.5 Å². The molecule has 2 aromatic carbocycles. The third-order valence-electron chi connectivity index (χ3n) is 5.27. The van der Waals surface area contributed by atoms with Gasteiger partial charge in [0.2, 0.25) is 6.79 Å². The summed E-state index contributed by atoms with van der Waals surface area (Å²) in [5.74, 6) is 3.31. The van der Waals surface area contributed by atoms with Gasteiger partial charge in [0.05, 0.1) is 30.2 Å². The van der Waals surface area contributed by atoms with Gasteiger partial charge in [-0.1, -0.05) is 30.0 Å². The molecule has 2 unspecified atom stereocenters. The normalized spacial score (nSPS) is 23.3. The standard InChI is InChI=1S/C21H22N2O5S2/c24-30(25)12-17-18(13-30)23(15-7-8-19-20(11-15)28-14-27-19)21(22-17)29-10-4-9-26-16-5-2-1-3-6-16/h1-3,5-8,11,17-18H,4,9-10,12-14H2. The van der Waals surface area contributed by atoms with Crippen LogP contribution in [0.5, 0.6) is 17.2 Å². The number of ether oxygens (including phenoxy) is 3. The van der Waals surface area contributed by atoms with Gasteiger partial charge in [0.25, 0.3) is 0 Å². The van der Waals surface area contributed by atoms with Crippen molar-refractivity contribution < 1.29 is 22.6 Å². The molecule has 9 heteroatoms. The van der Waals surface area contributed by atoms with Crippen LogP contribution in [0, 0.1) is 0 Å². The number of rotatable bonds is 6. The smallest absolute Gasteiger partial charge is 0.231 e. The fraction of sp³-hybridized carbons (Fsp3) is 0.381. The van der Waals surface area contributed by atoms with Crippen LogP contribution in [0.1, 0.15) is 6.42 Å². The Hall–Kier alpha value is -2.39. The Labute approximate surface area is 179 Å². The summed E-state index contributed by atoms with van der Waals surface area (Å²) >= 11 is 1.64. The Balaban J connectivity index is 1.27. The molecule has 0 N–H and O–H groups in total. The van der Waals surface area contributed by atoms with Gasteiger partial charge in [-0.2, -0.15) is 0 Å². The van der Waals surface area contributed by atoms with E-state index in [0.717, 1.165) is 28.8 Å². The summed E-state index contributed by atoms with van der Waals surface area (Å²) in [5, 5.41) is 0.860. The minimum Gasteiger partial charge on any atom is -0.494 e. The number of benzene rings is 2. The van der Waals surface area contributed by atoms with E-state index in [1.54, 1.807) is 11.8 Å². The third-order valence-corrected chi connectivity index (χ3v) is 8.03. The van der Waals surface area contributed by atoms with E-state index in [0.29, 0.717) is 18.1 Å². The molecule has 3 aliphatic heterocycles. The summed E-state index contributed by atoms with van der Waals surface area (Å²) in [7, 11) is -3.08. The molecule has 0 aliphatic carbocycles. The molecule has 0 bridgehead atoms. The first-order valence-electron chi connectivity index (χ1n) is 9.87. The number of amidine groups is 1. The fourth-order valence-electron chi connectivity index (χ4n) is 3.90. The van der Waals surface area contributed by atoms with Crippen molar-refractivity contribution in [2.75, 3.05) is 35.6 Å². The van der Waals surface area contributed by atoms with E-state index >= 15 is 0 Å². The molecule has 5 rings (SSSR count). The van der Waals surface area contributed by atoms with E-state index in [4.69, 9.17) is 19.2 Å². The zero-order valence-electron chi connectivity index (χ0n) is 16.3. The summed E-state index contributed by atoms with van der Waals surface area (Å²) in [6.07, 6.45) is 0.862. The quantitative estimate of drug-likeness (QED) is 0.632. The van der Waals surface area contributed by atoms with Crippen LogP contribution in [-0.2, 0) is 9.84 Å². The minimum absolute atomic E-state index is 0.111. The van der Waals surface area contributed by atoms with Gasteiger partial charge in [0.15, 0.2) is 26.5 Å². The lowest BCUT2D eigenvalue weighted by molar-refractivity contribution is 0.174. The molecule has 2 atom stereocenters. The molecule has 30 heavy (non-hydrogen) atoms. The Bertz CT molecular complexity index is 1060.